The van der Waals surface area contributed by atoms with Gasteiger partial charge >= 0.3 is 0 Å². The van der Waals surface area contributed by atoms with Crippen molar-refractivity contribution in [1.82, 2.24) is 0 Å². The smallest absolute Gasteiger partial charge is 0.175 e. The van der Waals surface area contributed by atoms with Gasteiger partial charge in [-0.05, 0) is 25.7 Å². The van der Waals surface area contributed by atoms with Crippen LogP contribution in [0.2, 0.25) is 0 Å². The molecule has 2 heterocycles. The second-order valence-electron chi connectivity index (χ2n) is 3.09. The van der Waals surface area contributed by atoms with Crippen molar-refractivity contribution < 1.29 is 4.57 Å². The summed E-state index contributed by atoms with van der Waals surface area (Å²) in [5.74, 6) is 0. The van der Waals surface area contributed by atoms with Crippen LogP contribution in [-0.2, 0) is 4.57 Å². The zero-order valence-electron chi connectivity index (χ0n) is 5.22. The molecule has 0 aromatic carbocycles. The average molecular weight is 165 g/mol. The third-order valence-corrected chi connectivity index (χ3v) is 7.34. The average Bonchev–Trinajstić information content (AvgIpc) is 2.24. The molecule has 0 spiro atoms. The zero-order chi connectivity index (χ0) is 6.48. The molecule has 2 fully saturated rings. The summed E-state index contributed by atoms with van der Waals surface area (Å²) in [4.78, 5) is 0. The van der Waals surface area contributed by atoms with E-state index in [1.54, 1.807) is 0 Å². The minimum Gasteiger partial charge on any atom is -0.306 e. The van der Waals surface area contributed by atoms with Crippen LogP contribution in [0, 0.1) is 0 Å². The Bertz CT molecular complexity index is 156. The van der Waals surface area contributed by atoms with Crippen molar-refractivity contribution in [3.63, 3.8) is 0 Å². The summed E-state index contributed by atoms with van der Waals surface area (Å²) in [5.41, 5.74) is 0.813. The van der Waals surface area contributed by atoms with Gasteiger partial charge in [0.15, 0.2) is 6.49 Å². The van der Waals surface area contributed by atoms with Gasteiger partial charge in [-0.3, -0.25) is 0 Å². The summed E-state index contributed by atoms with van der Waals surface area (Å²) in [6, 6.07) is 0. The SMILES string of the molecule is O=P1(Cl)C2CCC1CC2. The van der Waals surface area contributed by atoms with E-state index in [-0.39, 0.29) is 0 Å². The molecule has 0 aromatic heterocycles. The van der Waals surface area contributed by atoms with Crippen molar-refractivity contribution in [2.75, 3.05) is 0 Å². The van der Waals surface area contributed by atoms with Gasteiger partial charge in [-0.25, -0.2) is 0 Å². The molecule has 1 nitrogen and oxygen atoms in total. The van der Waals surface area contributed by atoms with Gasteiger partial charge < -0.3 is 4.57 Å². The molecule has 0 radical (unpaired) electrons. The largest absolute Gasteiger partial charge is 0.306 e. The van der Waals surface area contributed by atoms with Crippen molar-refractivity contribution in [2.45, 2.75) is 37.0 Å². The lowest BCUT2D eigenvalue weighted by Crippen LogP contribution is -1.98. The van der Waals surface area contributed by atoms with Crippen molar-refractivity contribution in [2.24, 2.45) is 0 Å². The quantitative estimate of drug-likeness (QED) is 0.503. The first-order valence-corrected chi connectivity index (χ1v) is 6.25. The van der Waals surface area contributed by atoms with Crippen molar-refractivity contribution in [3.05, 3.63) is 0 Å². The number of hydrogen-bond donors (Lipinski definition) is 0. The molecule has 3 heteroatoms. The first-order chi connectivity index (χ1) is 4.21. The molecule has 0 aliphatic carbocycles. The zero-order valence-corrected chi connectivity index (χ0v) is 6.87. The fourth-order valence-electron chi connectivity index (χ4n) is 2.06. The molecular weight excluding hydrogens is 154 g/mol. The number of hydrogen-bond acceptors (Lipinski definition) is 1. The fourth-order valence-corrected chi connectivity index (χ4v) is 5.83. The fraction of sp³-hybridized carbons (Fsp3) is 1.00. The Morgan fingerprint density at radius 3 is 1.56 bits per heavy atom. The summed E-state index contributed by atoms with van der Waals surface area (Å²) in [6.45, 7) is -2.14. The second kappa shape index (κ2) is 1.77. The van der Waals surface area contributed by atoms with Gasteiger partial charge in [0.1, 0.15) is 0 Å². The number of rotatable bonds is 0. The van der Waals surface area contributed by atoms with Crippen LogP contribution in [0.5, 0.6) is 0 Å². The summed E-state index contributed by atoms with van der Waals surface area (Å²) in [7, 11) is 0. The van der Waals surface area contributed by atoms with Gasteiger partial charge in [-0.1, -0.05) is 11.2 Å². The molecule has 2 aliphatic heterocycles. The molecule has 2 bridgehead atoms. The molecule has 0 amide bonds. The summed E-state index contributed by atoms with van der Waals surface area (Å²) in [6.07, 6.45) is 4.52. The molecule has 0 N–H and O–H groups in total. The van der Waals surface area contributed by atoms with Gasteiger partial charge in [0, 0.05) is 11.3 Å². The third kappa shape index (κ3) is 0.714. The molecule has 52 valence electrons. The molecular formula is C6H10ClOP. The summed E-state index contributed by atoms with van der Waals surface area (Å²) >= 11 is 5.89. The van der Waals surface area contributed by atoms with E-state index in [9.17, 15) is 4.57 Å². The number of halogens is 1. The molecule has 0 atom stereocenters. The maximum atomic E-state index is 11.5. The lowest BCUT2D eigenvalue weighted by Gasteiger charge is -2.04. The monoisotopic (exact) mass is 164 g/mol. The second-order valence-corrected chi connectivity index (χ2v) is 7.38. The molecule has 2 rings (SSSR count). The van der Waals surface area contributed by atoms with Crippen LogP contribution in [0.25, 0.3) is 0 Å². The Morgan fingerprint density at radius 2 is 1.44 bits per heavy atom. The molecule has 2 aliphatic rings. The molecule has 9 heavy (non-hydrogen) atoms. The van der Waals surface area contributed by atoms with Crippen LogP contribution >= 0.6 is 17.7 Å². The minimum absolute atomic E-state index is 0.407. The predicted octanol–water partition coefficient (Wildman–Crippen LogP) is 2.83. The van der Waals surface area contributed by atoms with E-state index < -0.39 is 6.49 Å². The van der Waals surface area contributed by atoms with Crippen LogP contribution in [-0.4, -0.2) is 11.3 Å². The van der Waals surface area contributed by atoms with E-state index in [0.717, 1.165) is 25.7 Å². The van der Waals surface area contributed by atoms with Crippen LogP contribution < -0.4 is 0 Å². The Morgan fingerprint density at radius 1 is 1.11 bits per heavy atom. The summed E-state index contributed by atoms with van der Waals surface area (Å²) < 4.78 is 11.5. The standard InChI is InChI=1S/C6H10ClOP/c7-9(8)5-1-2-6(9)4-3-5/h5-6H,1-4H2. The normalized spacial score (nSPS) is 56.6. The van der Waals surface area contributed by atoms with Crippen molar-refractivity contribution >= 4 is 17.7 Å². The first-order valence-electron chi connectivity index (χ1n) is 3.50. The molecule has 2 saturated heterocycles. The maximum Gasteiger partial charge on any atom is 0.175 e. The Balaban J connectivity index is 2.37. The van der Waals surface area contributed by atoms with E-state index in [1.807, 2.05) is 0 Å². The van der Waals surface area contributed by atoms with Gasteiger partial charge in [0.05, 0.1) is 0 Å². The predicted molar refractivity (Wildman–Crippen MR) is 39.5 cm³/mol. The number of fused-ring (bicyclic) bond motifs is 2. The first kappa shape index (κ1) is 6.24. The van der Waals surface area contributed by atoms with Crippen LogP contribution in [0.3, 0.4) is 0 Å². The highest BCUT2D eigenvalue weighted by Gasteiger charge is 2.49. The maximum absolute atomic E-state index is 11.5. The van der Waals surface area contributed by atoms with E-state index in [0.29, 0.717) is 11.3 Å². The Kier molecular flexibility index (Phi) is 1.22. The lowest BCUT2D eigenvalue weighted by atomic mass is 10.0. The van der Waals surface area contributed by atoms with Crippen LogP contribution in [0.4, 0.5) is 0 Å². The van der Waals surface area contributed by atoms with Crippen LogP contribution in [0.15, 0.2) is 0 Å². The highest BCUT2D eigenvalue weighted by molar-refractivity contribution is 7.90. The van der Waals surface area contributed by atoms with Crippen molar-refractivity contribution in [3.8, 4) is 0 Å². The van der Waals surface area contributed by atoms with Crippen molar-refractivity contribution in [1.29, 1.82) is 0 Å². The highest BCUT2D eigenvalue weighted by atomic mass is 35.7. The van der Waals surface area contributed by atoms with Crippen LogP contribution in [0.1, 0.15) is 25.7 Å². The van der Waals surface area contributed by atoms with Gasteiger partial charge in [-0.15, -0.1) is 0 Å². The lowest BCUT2D eigenvalue weighted by molar-refractivity contribution is 0.576. The van der Waals surface area contributed by atoms with Gasteiger partial charge in [-0.2, -0.15) is 0 Å². The molecule has 0 saturated carbocycles. The van der Waals surface area contributed by atoms with E-state index in [4.69, 9.17) is 11.2 Å². The Hall–Kier alpha value is 0.520. The van der Waals surface area contributed by atoms with E-state index >= 15 is 0 Å². The molecule has 0 unspecified atom stereocenters. The Labute approximate surface area is 59.9 Å². The molecule has 0 aromatic rings. The van der Waals surface area contributed by atoms with E-state index in [2.05, 4.69) is 0 Å². The topological polar surface area (TPSA) is 17.1 Å². The minimum atomic E-state index is -2.14. The van der Waals surface area contributed by atoms with Gasteiger partial charge in [0.2, 0.25) is 0 Å². The summed E-state index contributed by atoms with van der Waals surface area (Å²) in [5, 5.41) is 0. The van der Waals surface area contributed by atoms with Gasteiger partial charge in [0.25, 0.3) is 0 Å². The highest BCUT2D eigenvalue weighted by Crippen LogP contribution is 2.73. The third-order valence-electron chi connectivity index (χ3n) is 2.66. The van der Waals surface area contributed by atoms with E-state index in [1.165, 1.54) is 0 Å².